The van der Waals surface area contributed by atoms with E-state index in [0.29, 0.717) is 19.0 Å². The zero-order valence-electron chi connectivity index (χ0n) is 17.3. The van der Waals surface area contributed by atoms with E-state index in [0.717, 1.165) is 49.0 Å². The highest BCUT2D eigenvalue weighted by Gasteiger charge is 2.22. The summed E-state index contributed by atoms with van der Waals surface area (Å²) in [6.07, 6.45) is 4.26. The van der Waals surface area contributed by atoms with Crippen LogP contribution in [-0.2, 0) is 17.9 Å². The number of rotatable bonds is 7. The molecule has 1 amide bonds. The highest BCUT2D eigenvalue weighted by Crippen LogP contribution is 2.26. The molecule has 30 heavy (non-hydrogen) atoms. The lowest BCUT2D eigenvalue weighted by Crippen LogP contribution is -2.36. The molecule has 2 aromatic rings. The normalized spacial score (nSPS) is 14.1. The van der Waals surface area contributed by atoms with Crippen molar-refractivity contribution in [2.75, 3.05) is 11.9 Å². The third kappa shape index (κ3) is 7.59. The number of hydrogen-bond donors (Lipinski definition) is 3. The number of benzene rings is 2. The summed E-state index contributed by atoms with van der Waals surface area (Å²) in [4.78, 5) is 17.0. The van der Waals surface area contributed by atoms with E-state index in [1.165, 1.54) is 12.1 Å². The molecule has 1 aliphatic rings. The van der Waals surface area contributed by atoms with Crippen molar-refractivity contribution in [3.8, 4) is 0 Å². The fourth-order valence-electron chi connectivity index (χ4n) is 3.48. The number of nitrogens with zero attached hydrogens (tertiary/aromatic N) is 1. The predicted molar refractivity (Wildman–Crippen MR) is 131 cm³/mol. The summed E-state index contributed by atoms with van der Waals surface area (Å²) in [5.41, 5.74) is 2.82. The van der Waals surface area contributed by atoms with Gasteiger partial charge in [0.1, 0.15) is 5.82 Å². The van der Waals surface area contributed by atoms with Crippen molar-refractivity contribution in [1.29, 1.82) is 0 Å². The third-order valence-corrected chi connectivity index (χ3v) is 5.06. The van der Waals surface area contributed by atoms with Gasteiger partial charge in [0, 0.05) is 24.7 Å². The Morgan fingerprint density at radius 2 is 1.80 bits per heavy atom. The standard InChI is InChI=1S/C23H29FN4O.HI/c1-2-25-23(26-15-17-10-12-20(24)13-11-17)27-16-18-6-5-9-21(14-18)28-22(29)19-7-3-4-8-19;/h5-6,9-14,19H,2-4,7-8,15-16H2,1H3,(H,28,29)(H2,25,26,27);1H. The third-order valence-electron chi connectivity index (χ3n) is 5.06. The number of hydrogen-bond acceptors (Lipinski definition) is 2. The fourth-order valence-corrected chi connectivity index (χ4v) is 3.48. The van der Waals surface area contributed by atoms with Crippen LogP contribution in [-0.4, -0.2) is 18.4 Å². The summed E-state index contributed by atoms with van der Waals surface area (Å²) in [5, 5.41) is 9.51. The van der Waals surface area contributed by atoms with Crippen molar-refractivity contribution < 1.29 is 9.18 Å². The second-order valence-electron chi connectivity index (χ2n) is 7.35. The maximum atomic E-state index is 13.0. The van der Waals surface area contributed by atoms with Gasteiger partial charge in [0.05, 0.1) is 6.54 Å². The number of guanidine groups is 1. The molecule has 7 heteroatoms. The molecule has 0 saturated heterocycles. The van der Waals surface area contributed by atoms with E-state index >= 15 is 0 Å². The lowest BCUT2D eigenvalue weighted by atomic mass is 10.1. The molecule has 0 spiro atoms. The second kappa shape index (κ2) is 12.5. The molecule has 162 valence electrons. The van der Waals surface area contributed by atoms with Crippen LogP contribution in [0.25, 0.3) is 0 Å². The molecule has 0 unspecified atom stereocenters. The van der Waals surface area contributed by atoms with E-state index in [9.17, 15) is 9.18 Å². The van der Waals surface area contributed by atoms with Gasteiger partial charge in [-0.15, -0.1) is 24.0 Å². The summed E-state index contributed by atoms with van der Waals surface area (Å²) in [6, 6.07) is 14.2. The van der Waals surface area contributed by atoms with E-state index in [2.05, 4.69) is 20.9 Å². The molecule has 2 aromatic carbocycles. The van der Waals surface area contributed by atoms with E-state index in [-0.39, 0.29) is 41.6 Å². The molecule has 1 fully saturated rings. The molecule has 0 aromatic heterocycles. The number of amides is 1. The summed E-state index contributed by atoms with van der Waals surface area (Å²) in [5.74, 6) is 0.719. The summed E-state index contributed by atoms with van der Waals surface area (Å²) < 4.78 is 13.0. The van der Waals surface area contributed by atoms with Gasteiger partial charge in [-0.2, -0.15) is 0 Å². The van der Waals surface area contributed by atoms with Crippen LogP contribution < -0.4 is 16.0 Å². The summed E-state index contributed by atoms with van der Waals surface area (Å²) in [7, 11) is 0. The smallest absolute Gasteiger partial charge is 0.227 e. The molecule has 1 aliphatic carbocycles. The maximum Gasteiger partial charge on any atom is 0.227 e. The lowest BCUT2D eigenvalue weighted by Gasteiger charge is -2.12. The molecule has 3 N–H and O–H groups in total. The van der Waals surface area contributed by atoms with Crippen LogP contribution in [0.4, 0.5) is 10.1 Å². The first-order valence-corrected chi connectivity index (χ1v) is 10.3. The molecular formula is C23H30FIN4O. The topological polar surface area (TPSA) is 65.5 Å². The minimum atomic E-state index is -0.241. The Balaban J connectivity index is 0.00000320. The fraction of sp³-hybridized carbons (Fsp3) is 0.391. The van der Waals surface area contributed by atoms with Crippen molar-refractivity contribution in [3.63, 3.8) is 0 Å². The molecular weight excluding hydrogens is 494 g/mol. The van der Waals surface area contributed by atoms with Crippen molar-refractivity contribution in [2.45, 2.75) is 45.7 Å². The minimum absolute atomic E-state index is 0. The Morgan fingerprint density at radius 1 is 1.07 bits per heavy atom. The van der Waals surface area contributed by atoms with Crippen LogP contribution in [0.15, 0.2) is 53.5 Å². The second-order valence-corrected chi connectivity index (χ2v) is 7.35. The van der Waals surface area contributed by atoms with Crippen LogP contribution in [0.1, 0.15) is 43.7 Å². The zero-order valence-corrected chi connectivity index (χ0v) is 19.6. The van der Waals surface area contributed by atoms with Crippen LogP contribution in [0.5, 0.6) is 0 Å². The quantitative estimate of drug-likeness (QED) is 0.276. The van der Waals surface area contributed by atoms with Crippen molar-refractivity contribution in [2.24, 2.45) is 10.9 Å². The largest absolute Gasteiger partial charge is 0.357 e. The number of carbonyl (C=O) groups excluding carboxylic acids is 1. The Labute approximate surface area is 195 Å². The van der Waals surface area contributed by atoms with E-state index in [4.69, 9.17) is 0 Å². The first-order chi connectivity index (χ1) is 14.1. The van der Waals surface area contributed by atoms with E-state index < -0.39 is 0 Å². The Morgan fingerprint density at radius 3 is 2.50 bits per heavy atom. The Hall–Kier alpha value is -2.16. The van der Waals surface area contributed by atoms with Gasteiger partial charge < -0.3 is 16.0 Å². The maximum absolute atomic E-state index is 13.0. The van der Waals surface area contributed by atoms with Gasteiger partial charge in [0.2, 0.25) is 5.91 Å². The molecule has 3 rings (SSSR count). The van der Waals surface area contributed by atoms with Gasteiger partial charge in [-0.1, -0.05) is 37.1 Å². The zero-order chi connectivity index (χ0) is 20.5. The predicted octanol–water partition coefficient (Wildman–Crippen LogP) is 4.83. The van der Waals surface area contributed by atoms with Crippen LogP contribution >= 0.6 is 24.0 Å². The van der Waals surface area contributed by atoms with Gasteiger partial charge in [-0.05, 0) is 55.2 Å². The average molecular weight is 524 g/mol. The highest BCUT2D eigenvalue weighted by molar-refractivity contribution is 14.0. The molecule has 0 heterocycles. The molecule has 0 atom stereocenters. The molecule has 5 nitrogen and oxygen atoms in total. The number of carbonyl (C=O) groups is 1. The SMILES string of the molecule is CCNC(=NCc1cccc(NC(=O)C2CCCC2)c1)NCc1ccc(F)cc1.I. The highest BCUT2D eigenvalue weighted by atomic mass is 127. The van der Waals surface area contributed by atoms with Crippen molar-refractivity contribution >= 4 is 41.5 Å². The molecule has 0 bridgehead atoms. The Bertz CT molecular complexity index is 835. The molecule has 0 aliphatic heterocycles. The number of aliphatic imine (C=N–C) groups is 1. The Kier molecular flexibility index (Phi) is 10.1. The molecule has 1 saturated carbocycles. The molecule has 0 radical (unpaired) electrons. The van der Waals surface area contributed by atoms with Gasteiger partial charge in [0.25, 0.3) is 0 Å². The number of halogens is 2. The van der Waals surface area contributed by atoms with Crippen LogP contribution in [0.3, 0.4) is 0 Å². The number of anilines is 1. The first kappa shape index (κ1) is 24.1. The van der Waals surface area contributed by atoms with Crippen molar-refractivity contribution in [3.05, 3.63) is 65.5 Å². The van der Waals surface area contributed by atoms with E-state index in [1.54, 1.807) is 12.1 Å². The van der Waals surface area contributed by atoms with Gasteiger partial charge in [-0.3, -0.25) is 4.79 Å². The summed E-state index contributed by atoms with van der Waals surface area (Å²) in [6.45, 7) is 3.80. The lowest BCUT2D eigenvalue weighted by molar-refractivity contribution is -0.119. The summed E-state index contributed by atoms with van der Waals surface area (Å²) >= 11 is 0. The average Bonchev–Trinajstić information content (AvgIpc) is 3.27. The minimum Gasteiger partial charge on any atom is -0.357 e. The first-order valence-electron chi connectivity index (χ1n) is 10.3. The monoisotopic (exact) mass is 524 g/mol. The van der Waals surface area contributed by atoms with Gasteiger partial charge >= 0.3 is 0 Å². The van der Waals surface area contributed by atoms with Crippen LogP contribution in [0.2, 0.25) is 0 Å². The van der Waals surface area contributed by atoms with Gasteiger partial charge in [-0.25, -0.2) is 9.38 Å². The van der Waals surface area contributed by atoms with E-state index in [1.807, 2.05) is 31.2 Å². The van der Waals surface area contributed by atoms with Crippen molar-refractivity contribution in [1.82, 2.24) is 10.6 Å². The number of nitrogens with one attached hydrogen (secondary N) is 3. The van der Waals surface area contributed by atoms with Crippen LogP contribution in [0, 0.1) is 11.7 Å². The van der Waals surface area contributed by atoms with Gasteiger partial charge in [0.15, 0.2) is 5.96 Å².